The molecule has 2 N–H and O–H groups in total. The molecule has 8 heteroatoms. The molecule has 0 amide bonds. The summed E-state index contributed by atoms with van der Waals surface area (Å²) in [6.45, 7) is 1.71. The Kier molecular flexibility index (Phi) is 2.78. The van der Waals surface area contributed by atoms with E-state index in [0.717, 1.165) is 0 Å². The van der Waals surface area contributed by atoms with Crippen LogP contribution in [0.15, 0.2) is 23.0 Å². The minimum atomic E-state index is -3.18. The molecule has 2 aromatic rings. The number of aromatic amines is 1. The fourth-order valence-corrected chi connectivity index (χ4v) is 5.06. The van der Waals surface area contributed by atoms with Gasteiger partial charge in [0.05, 0.1) is 33.6 Å². The molecule has 21 heavy (non-hydrogen) atoms. The molecule has 7 nitrogen and oxygen atoms in total. The third-order valence-corrected chi connectivity index (χ3v) is 5.84. The Morgan fingerprint density at radius 3 is 2.71 bits per heavy atom. The first-order valence-electron chi connectivity index (χ1n) is 6.41. The lowest BCUT2D eigenvalue weighted by Crippen LogP contribution is -2.38. The average molecular weight is 310 g/mol. The van der Waals surface area contributed by atoms with Crippen molar-refractivity contribution < 1.29 is 18.3 Å². The number of hydrogen-bond donors (Lipinski definition) is 2. The summed E-state index contributed by atoms with van der Waals surface area (Å²) in [4.78, 5) is 25.9. The molecule has 0 aliphatic carbocycles. The molecule has 1 aromatic heterocycles. The summed E-state index contributed by atoms with van der Waals surface area (Å²) >= 11 is 0. The molecular formula is C13H14N2O5S. The molecule has 1 saturated heterocycles. The molecule has 1 aromatic carbocycles. The van der Waals surface area contributed by atoms with Crippen LogP contribution in [-0.4, -0.2) is 40.6 Å². The van der Waals surface area contributed by atoms with Gasteiger partial charge in [0.2, 0.25) is 0 Å². The number of imidazole rings is 1. The standard InChI is InChI=1S/C13H14N2O5S/c1-13(4-5-21(19,20)7-13)15-10-6-8(11(16)17)2-3-9(10)14-12(15)18/h2-3,6H,4-5,7H2,1H3,(H,14,18)(H,16,17). The van der Waals surface area contributed by atoms with Crippen LogP contribution >= 0.6 is 0 Å². The summed E-state index contributed by atoms with van der Waals surface area (Å²) in [5.74, 6) is -1.19. The highest BCUT2D eigenvalue weighted by Crippen LogP contribution is 2.32. The van der Waals surface area contributed by atoms with Crippen LogP contribution in [-0.2, 0) is 15.4 Å². The second kappa shape index (κ2) is 4.20. The van der Waals surface area contributed by atoms with Crippen molar-refractivity contribution in [3.05, 3.63) is 34.2 Å². The number of aromatic carboxylic acids is 1. The first-order chi connectivity index (χ1) is 9.72. The highest BCUT2D eigenvalue weighted by molar-refractivity contribution is 7.91. The number of nitrogens with one attached hydrogen (secondary N) is 1. The van der Waals surface area contributed by atoms with Crippen LogP contribution in [0, 0.1) is 0 Å². The number of benzene rings is 1. The van der Waals surface area contributed by atoms with Gasteiger partial charge in [-0.1, -0.05) is 0 Å². The maximum Gasteiger partial charge on any atom is 0.335 e. The number of carbonyl (C=O) groups is 1. The van der Waals surface area contributed by atoms with Crippen molar-refractivity contribution in [2.45, 2.75) is 18.9 Å². The molecule has 1 atom stereocenters. The normalized spacial score (nSPS) is 24.4. The van der Waals surface area contributed by atoms with Crippen molar-refractivity contribution in [2.75, 3.05) is 11.5 Å². The van der Waals surface area contributed by atoms with Crippen LogP contribution in [0.1, 0.15) is 23.7 Å². The number of nitrogens with zero attached hydrogens (tertiary/aromatic N) is 1. The predicted octanol–water partition coefficient (Wildman–Crippen LogP) is 0.562. The third-order valence-electron chi connectivity index (χ3n) is 3.95. The Balaban J connectivity index is 2.27. The van der Waals surface area contributed by atoms with Gasteiger partial charge < -0.3 is 10.1 Å². The highest BCUT2D eigenvalue weighted by atomic mass is 32.2. The van der Waals surface area contributed by atoms with Gasteiger partial charge in [-0.2, -0.15) is 0 Å². The van der Waals surface area contributed by atoms with Gasteiger partial charge in [0.25, 0.3) is 0 Å². The molecule has 0 bridgehead atoms. The van der Waals surface area contributed by atoms with Crippen molar-refractivity contribution in [3.63, 3.8) is 0 Å². The molecule has 0 spiro atoms. The van der Waals surface area contributed by atoms with Crippen LogP contribution in [0.3, 0.4) is 0 Å². The maximum atomic E-state index is 12.2. The maximum absolute atomic E-state index is 12.2. The second-order valence-electron chi connectivity index (χ2n) is 5.64. The number of rotatable bonds is 2. The molecule has 1 fully saturated rings. The van der Waals surface area contributed by atoms with Gasteiger partial charge in [-0.15, -0.1) is 0 Å². The number of hydrogen-bond acceptors (Lipinski definition) is 4. The van der Waals surface area contributed by atoms with E-state index in [1.54, 1.807) is 6.92 Å². The van der Waals surface area contributed by atoms with E-state index < -0.39 is 27.0 Å². The third kappa shape index (κ3) is 2.15. The topological polar surface area (TPSA) is 109 Å². The molecule has 2 heterocycles. The molecule has 112 valence electrons. The first-order valence-corrected chi connectivity index (χ1v) is 8.23. The summed E-state index contributed by atoms with van der Waals surface area (Å²) in [5, 5.41) is 9.06. The molecule has 1 aliphatic rings. The van der Waals surface area contributed by atoms with Crippen LogP contribution in [0.5, 0.6) is 0 Å². The zero-order valence-corrected chi connectivity index (χ0v) is 12.1. The van der Waals surface area contributed by atoms with E-state index in [9.17, 15) is 18.0 Å². The van der Waals surface area contributed by atoms with Crippen LogP contribution in [0.25, 0.3) is 11.0 Å². The lowest BCUT2D eigenvalue weighted by Gasteiger charge is -2.24. The summed E-state index contributed by atoms with van der Waals surface area (Å²) < 4.78 is 24.9. The summed E-state index contributed by atoms with van der Waals surface area (Å²) in [7, 11) is -3.18. The molecule has 0 radical (unpaired) electrons. The van der Waals surface area contributed by atoms with Crippen LogP contribution < -0.4 is 5.69 Å². The number of carboxylic acids is 1. The van der Waals surface area contributed by atoms with Gasteiger partial charge in [-0.05, 0) is 31.5 Å². The lowest BCUT2D eigenvalue weighted by atomic mass is 10.0. The lowest BCUT2D eigenvalue weighted by molar-refractivity contribution is 0.0697. The van der Waals surface area contributed by atoms with Crippen LogP contribution in [0.4, 0.5) is 0 Å². The van der Waals surface area contributed by atoms with E-state index in [0.29, 0.717) is 17.5 Å². The second-order valence-corrected chi connectivity index (χ2v) is 7.83. The number of aromatic nitrogens is 2. The Labute approximate surface area is 120 Å². The van der Waals surface area contributed by atoms with Crippen molar-refractivity contribution in [3.8, 4) is 0 Å². The van der Waals surface area contributed by atoms with E-state index in [-0.39, 0.29) is 17.1 Å². The van der Waals surface area contributed by atoms with Gasteiger partial charge in [-0.25, -0.2) is 18.0 Å². The van der Waals surface area contributed by atoms with E-state index in [4.69, 9.17) is 5.11 Å². The minimum absolute atomic E-state index is 0.0290. The smallest absolute Gasteiger partial charge is 0.335 e. The van der Waals surface area contributed by atoms with Crippen molar-refractivity contribution in [2.24, 2.45) is 0 Å². The number of carboxylic acid groups (broad SMARTS) is 1. The number of fused-ring (bicyclic) bond motifs is 1. The van der Waals surface area contributed by atoms with Gasteiger partial charge in [-0.3, -0.25) is 4.57 Å². The fraction of sp³-hybridized carbons (Fsp3) is 0.385. The average Bonchev–Trinajstić information content (AvgIpc) is 2.84. The molecule has 3 rings (SSSR count). The van der Waals surface area contributed by atoms with E-state index >= 15 is 0 Å². The van der Waals surface area contributed by atoms with Gasteiger partial charge in [0.15, 0.2) is 9.84 Å². The van der Waals surface area contributed by atoms with Crippen LogP contribution in [0.2, 0.25) is 0 Å². The Bertz CT molecular complexity index is 908. The SMILES string of the molecule is CC1(n2c(=O)[nH]c3ccc(C(=O)O)cc32)CCS(=O)(=O)C1. The minimum Gasteiger partial charge on any atom is -0.478 e. The molecule has 1 aliphatic heterocycles. The largest absolute Gasteiger partial charge is 0.478 e. The van der Waals surface area contributed by atoms with Crippen molar-refractivity contribution in [1.82, 2.24) is 9.55 Å². The molecule has 1 unspecified atom stereocenters. The fourth-order valence-electron chi connectivity index (χ4n) is 2.94. The van der Waals surface area contributed by atoms with E-state index in [1.807, 2.05) is 0 Å². The molecular weight excluding hydrogens is 296 g/mol. The number of H-pyrrole nitrogens is 1. The van der Waals surface area contributed by atoms with E-state index in [2.05, 4.69) is 4.98 Å². The van der Waals surface area contributed by atoms with Gasteiger partial charge >= 0.3 is 11.7 Å². The van der Waals surface area contributed by atoms with E-state index in [1.165, 1.54) is 22.8 Å². The van der Waals surface area contributed by atoms with Gasteiger partial charge in [0, 0.05) is 0 Å². The van der Waals surface area contributed by atoms with Crippen molar-refractivity contribution in [1.29, 1.82) is 0 Å². The summed E-state index contributed by atoms with van der Waals surface area (Å²) in [6.07, 6.45) is 0.333. The number of sulfone groups is 1. The quantitative estimate of drug-likeness (QED) is 0.842. The molecule has 0 saturated carbocycles. The Morgan fingerprint density at radius 1 is 1.43 bits per heavy atom. The Morgan fingerprint density at radius 2 is 2.14 bits per heavy atom. The summed E-state index contributed by atoms with van der Waals surface area (Å²) in [6, 6.07) is 4.31. The first kappa shape index (κ1) is 13.9. The summed E-state index contributed by atoms with van der Waals surface area (Å²) in [5.41, 5.74) is -0.312. The zero-order chi connectivity index (χ0) is 15.4. The highest BCUT2D eigenvalue weighted by Gasteiger charge is 2.41. The van der Waals surface area contributed by atoms with Gasteiger partial charge in [0.1, 0.15) is 0 Å². The predicted molar refractivity (Wildman–Crippen MR) is 76.4 cm³/mol. The zero-order valence-electron chi connectivity index (χ0n) is 11.3. The monoisotopic (exact) mass is 310 g/mol. The van der Waals surface area contributed by atoms with Crippen molar-refractivity contribution >= 4 is 26.8 Å². The Hall–Kier alpha value is -2.09.